The number of carbonyl (C=O) groups is 1. The summed E-state index contributed by atoms with van der Waals surface area (Å²) in [6, 6.07) is 5.96. The molecule has 1 aromatic carbocycles. The van der Waals surface area contributed by atoms with E-state index in [0.717, 1.165) is 79.3 Å². The van der Waals surface area contributed by atoms with E-state index in [2.05, 4.69) is 29.4 Å². The van der Waals surface area contributed by atoms with Gasteiger partial charge in [0.1, 0.15) is 24.0 Å². The van der Waals surface area contributed by atoms with Gasteiger partial charge in [-0.25, -0.2) is 4.98 Å². The summed E-state index contributed by atoms with van der Waals surface area (Å²) in [5, 5.41) is 12.1. The molecule has 8 heteroatoms. The summed E-state index contributed by atoms with van der Waals surface area (Å²) in [5.41, 5.74) is 2.51. The van der Waals surface area contributed by atoms with E-state index in [1.807, 2.05) is 29.5 Å². The first-order valence-corrected chi connectivity index (χ1v) is 12.7. The normalized spacial score (nSPS) is 16.4. The first-order chi connectivity index (χ1) is 16.5. The van der Waals surface area contributed by atoms with Crippen LogP contribution in [0.5, 0.6) is 5.75 Å². The second kappa shape index (κ2) is 11.6. The number of nitrogens with zero attached hydrogens (tertiary/aromatic N) is 4. The fraction of sp³-hybridized carbons (Fsp3) is 0.615. The Labute approximate surface area is 201 Å². The first-order valence-electron chi connectivity index (χ1n) is 12.7. The molecule has 3 heterocycles. The molecule has 0 bridgehead atoms. The third-order valence-electron chi connectivity index (χ3n) is 6.23. The van der Waals surface area contributed by atoms with E-state index < -0.39 is 0 Å². The molecule has 1 aliphatic rings. The van der Waals surface area contributed by atoms with Crippen molar-refractivity contribution in [3.8, 4) is 5.75 Å². The van der Waals surface area contributed by atoms with Crippen LogP contribution in [-0.2, 0) is 9.53 Å². The molecule has 4 rings (SSSR count). The average molecular weight is 468 g/mol. The number of anilines is 1. The van der Waals surface area contributed by atoms with E-state index in [1.165, 1.54) is 6.42 Å². The van der Waals surface area contributed by atoms with E-state index in [-0.39, 0.29) is 6.10 Å². The zero-order chi connectivity index (χ0) is 23.9. The zero-order valence-corrected chi connectivity index (χ0v) is 20.7. The number of fused-ring (bicyclic) bond motifs is 3. The van der Waals surface area contributed by atoms with Gasteiger partial charge in [-0.1, -0.05) is 20.3 Å². The molecule has 1 atom stereocenters. The van der Waals surface area contributed by atoms with Crippen LogP contribution in [0, 0.1) is 12.8 Å². The number of hydrogen-bond donors (Lipinski definition) is 1. The van der Waals surface area contributed by atoms with Gasteiger partial charge in [-0.2, -0.15) is 0 Å². The summed E-state index contributed by atoms with van der Waals surface area (Å²) in [7, 11) is 0. The van der Waals surface area contributed by atoms with Crippen LogP contribution in [0.1, 0.15) is 71.0 Å². The van der Waals surface area contributed by atoms with Crippen molar-refractivity contribution in [3.63, 3.8) is 0 Å². The maximum atomic E-state index is 11.9. The van der Waals surface area contributed by atoms with Crippen molar-refractivity contribution >= 4 is 28.3 Å². The SMILES string of the molecule is Cc1nnc2c(NCCCCCC(=O)CC(C)C)nc3cc(OCC4CCCCO4)ccc3n12. The topological polar surface area (TPSA) is 90.6 Å². The van der Waals surface area contributed by atoms with Gasteiger partial charge in [-0.15, -0.1) is 10.2 Å². The summed E-state index contributed by atoms with van der Waals surface area (Å²) in [4.78, 5) is 16.7. The fourth-order valence-corrected chi connectivity index (χ4v) is 4.48. The molecule has 3 aromatic rings. The quantitative estimate of drug-likeness (QED) is 0.370. The first kappa shape index (κ1) is 24.4. The van der Waals surface area contributed by atoms with E-state index >= 15 is 0 Å². The highest BCUT2D eigenvalue weighted by atomic mass is 16.5. The number of unbranched alkanes of at least 4 members (excludes halogenated alkanes) is 2. The maximum Gasteiger partial charge on any atom is 0.204 e. The van der Waals surface area contributed by atoms with Gasteiger partial charge in [0.05, 0.1) is 17.1 Å². The summed E-state index contributed by atoms with van der Waals surface area (Å²) < 4.78 is 13.8. The molecule has 1 aliphatic heterocycles. The highest BCUT2D eigenvalue weighted by molar-refractivity contribution is 5.84. The molecule has 0 aliphatic carbocycles. The van der Waals surface area contributed by atoms with Gasteiger partial charge in [0, 0.05) is 32.1 Å². The summed E-state index contributed by atoms with van der Waals surface area (Å²) in [6.07, 6.45) is 7.81. The molecule has 0 amide bonds. The van der Waals surface area contributed by atoms with Crippen LogP contribution in [-0.4, -0.2) is 51.2 Å². The second-order valence-corrected chi connectivity index (χ2v) is 9.69. The monoisotopic (exact) mass is 467 g/mol. The van der Waals surface area contributed by atoms with Gasteiger partial charge in [-0.3, -0.25) is 9.20 Å². The number of benzene rings is 1. The number of ether oxygens (including phenoxy) is 2. The molecule has 1 saturated heterocycles. The van der Waals surface area contributed by atoms with Crippen LogP contribution in [0.4, 0.5) is 5.82 Å². The lowest BCUT2D eigenvalue weighted by Gasteiger charge is -2.22. The minimum atomic E-state index is 0.165. The Bertz CT molecular complexity index is 1100. The predicted molar refractivity (Wildman–Crippen MR) is 134 cm³/mol. The Morgan fingerprint density at radius 3 is 2.91 bits per heavy atom. The smallest absolute Gasteiger partial charge is 0.204 e. The minimum Gasteiger partial charge on any atom is -0.491 e. The van der Waals surface area contributed by atoms with E-state index in [4.69, 9.17) is 14.5 Å². The number of aromatic nitrogens is 4. The number of nitrogens with one attached hydrogen (secondary N) is 1. The van der Waals surface area contributed by atoms with Crippen molar-refractivity contribution in [3.05, 3.63) is 24.0 Å². The van der Waals surface area contributed by atoms with Crippen molar-refractivity contribution in [2.24, 2.45) is 5.92 Å². The second-order valence-electron chi connectivity index (χ2n) is 9.69. The summed E-state index contributed by atoms with van der Waals surface area (Å²) in [5.74, 6) is 3.13. The van der Waals surface area contributed by atoms with Crippen molar-refractivity contribution in [1.29, 1.82) is 0 Å². The van der Waals surface area contributed by atoms with Gasteiger partial charge in [-0.05, 0) is 57.1 Å². The molecule has 184 valence electrons. The third kappa shape index (κ3) is 6.23. The molecule has 0 spiro atoms. The maximum absolute atomic E-state index is 11.9. The summed E-state index contributed by atoms with van der Waals surface area (Å²) >= 11 is 0. The van der Waals surface area contributed by atoms with Gasteiger partial charge >= 0.3 is 0 Å². The van der Waals surface area contributed by atoms with Crippen molar-refractivity contribution in [2.75, 3.05) is 25.1 Å². The molecule has 1 N–H and O–H groups in total. The zero-order valence-electron chi connectivity index (χ0n) is 20.7. The number of Topliss-reactive ketones (excluding diaryl/α,β-unsaturated/α-hetero) is 1. The number of rotatable bonds is 12. The molecule has 1 unspecified atom stereocenters. The lowest BCUT2D eigenvalue weighted by molar-refractivity contribution is -0.119. The molecule has 8 nitrogen and oxygen atoms in total. The van der Waals surface area contributed by atoms with Gasteiger partial charge < -0.3 is 14.8 Å². The Morgan fingerprint density at radius 1 is 1.24 bits per heavy atom. The molecule has 1 fully saturated rings. The molecular weight excluding hydrogens is 430 g/mol. The van der Waals surface area contributed by atoms with Crippen LogP contribution < -0.4 is 10.1 Å². The summed E-state index contributed by atoms with van der Waals surface area (Å²) in [6.45, 7) is 8.28. The van der Waals surface area contributed by atoms with Crippen LogP contribution in [0.2, 0.25) is 0 Å². The van der Waals surface area contributed by atoms with Crippen LogP contribution >= 0.6 is 0 Å². The van der Waals surface area contributed by atoms with E-state index in [0.29, 0.717) is 31.1 Å². The third-order valence-corrected chi connectivity index (χ3v) is 6.23. The van der Waals surface area contributed by atoms with Crippen molar-refractivity contribution in [1.82, 2.24) is 19.6 Å². The Balaban J connectivity index is 1.39. The van der Waals surface area contributed by atoms with Crippen molar-refractivity contribution in [2.45, 2.75) is 78.2 Å². The molecule has 0 radical (unpaired) electrons. The molecule has 2 aromatic heterocycles. The van der Waals surface area contributed by atoms with Crippen molar-refractivity contribution < 1.29 is 14.3 Å². The van der Waals surface area contributed by atoms with E-state index in [9.17, 15) is 4.79 Å². The van der Waals surface area contributed by atoms with Gasteiger partial charge in [0.15, 0.2) is 5.82 Å². The van der Waals surface area contributed by atoms with Gasteiger partial charge in [0.25, 0.3) is 0 Å². The van der Waals surface area contributed by atoms with Crippen LogP contribution in [0.15, 0.2) is 18.2 Å². The predicted octanol–water partition coefficient (Wildman–Crippen LogP) is 5.12. The number of carbonyl (C=O) groups excluding carboxylic acids is 1. The van der Waals surface area contributed by atoms with E-state index in [1.54, 1.807) is 0 Å². The fourth-order valence-electron chi connectivity index (χ4n) is 4.48. The minimum absolute atomic E-state index is 0.165. The number of ketones is 1. The largest absolute Gasteiger partial charge is 0.491 e. The number of hydrogen-bond acceptors (Lipinski definition) is 7. The average Bonchev–Trinajstić information content (AvgIpc) is 3.22. The standard InChI is InChI=1S/C26H37N5O3/c1-18(2)15-20(32)9-5-4-7-13-27-25-26-30-29-19(3)31(26)24-12-11-21(16-23(24)28-25)34-17-22-10-6-8-14-33-22/h11-12,16,18,22H,4-10,13-15,17H2,1-3H3,(H,27,28). The Kier molecular flexibility index (Phi) is 8.32. The Morgan fingerprint density at radius 2 is 2.12 bits per heavy atom. The highest BCUT2D eigenvalue weighted by Crippen LogP contribution is 2.26. The van der Waals surface area contributed by atoms with Crippen LogP contribution in [0.3, 0.4) is 0 Å². The highest BCUT2D eigenvalue weighted by Gasteiger charge is 2.16. The molecular formula is C26H37N5O3. The molecule has 0 saturated carbocycles. The lowest BCUT2D eigenvalue weighted by Crippen LogP contribution is -2.25. The Hall–Kier alpha value is -2.74. The molecule has 34 heavy (non-hydrogen) atoms. The van der Waals surface area contributed by atoms with Gasteiger partial charge in [0.2, 0.25) is 5.65 Å². The number of aryl methyl sites for hydroxylation is 1. The van der Waals surface area contributed by atoms with Crippen LogP contribution in [0.25, 0.3) is 16.7 Å². The lowest BCUT2D eigenvalue weighted by atomic mass is 10.0.